The molecule has 0 saturated heterocycles. The van der Waals surface area contributed by atoms with Crippen molar-refractivity contribution < 1.29 is 14.3 Å². The highest BCUT2D eigenvalue weighted by Gasteiger charge is 2.20. The van der Waals surface area contributed by atoms with E-state index in [0.29, 0.717) is 0 Å². The van der Waals surface area contributed by atoms with E-state index >= 15 is 0 Å². The number of alkyl halides is 1. The second-order valence-corrected chi connectivity index (χ2v) is 5.26. The number of phenols is 1. The van der Waals surface area contributed by atoms with Gasteiger partial charge in [-0.2, -0.15) is 0 Å². The van der Waals surface area contributed by atoms with Gasteiger partial charge in [-0.25, -0.2) is 4.39 Å². The smallest absolute Gasteiger partial charge is 0.227 e. The standard InChI is InChI=1S/C14H20FNO2/c1-9-5-11(7-12(17)6-9)10(2)13(18)16-8-14(3,4)15/h5-7,10,17H,8H2,1-4H3,(H,16,18). The maximum Gasteiger partial charge on any atom is 0.227 e. The second-order valence-electron chi connectivity index (χ2n) is 5.26. The molecule has 0 aliphatic carbocycles. The van der Waals surface area contributed by atoms with Gasteiger partial charge in [0.25, 0.3) is 0 Å². The quantitative estimate of drug-likeness (QED) is 0.866. The van der Waals surface area contributed by atoms with Gasteiger partial charge in [0, 0.05) is 0 Å². The van der Waals surface area contributed by atoms with Crippen LogP contribution >= 0.6 is 0 Å². The van der Waals surface area contributed by atoms with Gasteiger partial charge in [-0.1, -0.05) is 6.07 Å². The molecule has 1 atom stereocenters. The summed E-state index contributed by atoms with van der Waals surface area (Å²) in [6.07, 6.45) is 0. The zero-order chi connectivity index (χ0) is 13.9. The third-order valence-electron chi connectivity index (χ3n) is 2.66. The van der Waals surface area contributed by atoms with Crippen LogP contribution in [-0.4, -0.2) is 23.2 Å². The molecule has 18 heavy (non-hydrogen) atoms. The van der Waals surface area contributed by atoms with Gasteiger partial charge in [0.1, 0.15) is 11.4 Å². The van der Waals surface area contributed by atoms with E-state index in [2.05, 4.69) is 5.32 Å². The van der Waals surface area contributed by atoms with Crippen LogP contribution in [0.5, 0.6) is 5.75 Å². The summed E-state index contributed by atoms with van der Waals surface area (Å²) >= 11 is 0. The molecule has 1 unspecified atom stereocenters. The lowest BCUT2D eigenvalue weighted by molar-refractivity contribution is -0.122. The van der Waals surface area contributed by atoms with E-state index in [4.69, 9.17) is 0 Å². The molecular weight excluding hydrogens is 233 g/mol. The van der Waals surface area contributed by atoms with Crippen LogP contribution in [-0.2, 0) is 4.79 Å². The molecule has 1 aromatic carbocycles. The highest BCUT2D eigenvalue weighted by molar-refractivity contribution is 5.83. The van der Waals surface area contributed by atoms with E-state index < -0.39 is 11.6 Å². The number of amides is 1. The maximum atomic E-state index is 13.3. The van der Waals surface area contributed by atoms with Crippen molar-refractivity contribution in [3.05, 3.63) is 29.3 Å². The minimum atomic E-state index is -1.43. The summed E-state index contributed by atoms with van der Waals surface area (Å²) in [5.74, 6) is -0.528. The Hall–Kier alpha value is -1.58. The highest BCUT2D eigenvalue weighted by Crippen LogP contribution is 2.22. The molecular formula is C14H20FNO2. The third kappa shape index (κ3) is 4.35. The monoisotopic (exact) mass is 253 g/mol. The normalized spacial score (nSPS) is 13.2. The van der Waals surface area contributed by atoms with Crippen LogP contribution in [0.1, 0.15) is 37.8 Å². The minimum absolute atomic E-state index is 0.0199. The van der Waals surface area contributed by atoms with Gasteiger partial charge < -0.3 is 10.4 Å². The largest absolute Gasteiger partial charge is 0.508 e. The molecule has 100 valence electrons. The Bertz CT molecular complexity index is 418. The SMILES string of the molecule is Cc1cc(O)cc(C(C)C(=O)NCC(C)(C)F)c1. The number of hydrogen-bond acceptors (Lipinski definition) is 2. The summed E-state index contributed by atoms with van der Waals surface area (Å²) in [5.41, 5.74) is 0.182. The summed E-state index contributed by atoms with van der Waals surface area (Å²) in [5, 5.41) is 12.1. The van der Waals surface area contributed by atoms with Crippen LogP contribution in [0, 0.1) is 6.92 Å². The molecule has 0 saturated carbocycles. The third-order valence-corrected chi connectivity index (χ3v) is 2.66. The minimum Gasteiger partial charge on any atom is -0.508 e. The zero-order valence-electron chi connectivity index (χ0n) is 11.2. The van der Waals surface area contributed by atoms with Crippen molar-refractivity contribution >= 4 is 5.91 Å². The average Bonchev–Trinajstić information content (AvgIpc) is 2.22. The lowest BCUT2D eigenvalue weighted by Gasteiger charge is -2.18. The number of carbonyl (C=O) groups is 1. The number of benzene rings is 1. The molecule has 3 nitrogen and oxygen atoms in total. The van der Waals surface area contributed by atoms with Crippen LogP contribution < -0.4 is 5.32 Å². The number of phenolic OH excluding ortho intramolecular Hbond substituents is 1. The lowest BCUT2D eigenvalue weighted by atomic mass is 9.98. The molecule has 0 aliphatic heterocycles. The van der Waals surface area contributed by atoms with Gasteiger partial charge in [-0.3, -0.25) is 4.79 Å². The molecule has 0 heterocycles. The lowest BCUT2D eigenvalue weighted by Crippen LogP contribution is -2.37. The van der Waals surface area contributed by atoms with Crippen molar-refractivity contribution in [1.82, 2.24) is 5.32 Å². The van der Waals surface area contributed by atoms with E-state index in [1.165, 1.54) is 13.8 Å². The molecule has 1 aromatic rings. The van der Waals surface area contributed by atoms with Crippen LogP contribution in [0.25, 0.3) is 0 Å². The van der Waals surface area contributed by atoms with E-state index in [1.807, 2.05) is 13.0 Å². The van der Waals surface area contributed by atoms with Crippen LogP contribution in [0.15, 0.2) is 18.2 Å². The molecule has 4 heteroatoms. The Kier molecular flexibility index (Phi) is 4.33. The number of carbonyl (C=O) groups excluding carboxylic acids is 1. The Morgan fingerprint density at radius 1 is 1.44 bits per heavy atom. The molecule has 0 aliphatic rings. The van der Waals surface area contributed by atoms with Crippen molar-refractivity contribution in [3.63, 3.8) is 0 Å². The summed E-state index contributed by atoms with van der Waals surface area (Å²) in [7, 11) is 0. The van der Waals surface area contributed by atoms with Crippen LogP contribution in [0.2, 0.25) is 0 Å². The first-order valence-electron chi connectivity index (χ1n) is 5.96. The Balaban J connectivity index is 2.74. The molecule has 0 spiro atoms. The maximum absolute atomic E-state index is 13.3. The van der Waals surface area contributed by atoms with Crippen LogP contribution in [0.4, 0.5) is 4.39 Å². The first-order chi connectivity index (χ1) is 8.19. The predicted molar refractivity (Wildman–Crippen MR) is 69.5 cm³/mol. The average molecular weight is 253 g/mol. The summed E-state index contributed by atoms with van der Waals surface area (Å²) in [6.45, 7) is 6.38. The number of halogens is 1. The number of hydrogen-bond donors (Lipinski definition) is 2. The van der Waals surface area contributed by atoms with Gasteiger partial charge in [-0.15, -0.1) is 0 Å². The second kappa shape index (κ2) is 5.38. The van der Waals surface area contributed by atoms with Crippen molar-refractivity contribution in [2.24, 2.45) is 0 Å². The van der Waals surface area contributed by atoms with E-state index in [1.54, 1.807) is 19.1 Å². The number of nitrogens with one attached hydrogen (secondary N) is 1. The van der Waals surface area contributed by atoms with Crippen molar-refractivity contribution in [2.75, 3.05) is 6.54 Å². The molecule has 0 aromatic heterocycles. The summed E-state index contributed by atoms with van der Waals surface area (Å²) < 4.78 is 13.3. The Morgan fingerprint density at radius 2 is 2.06 bits per heavy atom. The van der Waals surface area contributed by atoms with E-state index in [0.717, 1.165) is 11.1 Å². The van der Waals surface area contributed by atoms with Gasteiger partial charge >= 0.3 is 0 Å². The molecule has 0 bridgehead atoms. The number of aromatic hydroxyl groups is 1. The van der Waals surface area contributed by atoms with Gasteiger partial charge in [0.2, 0.25) is 5.91 Å². The summed E-state index contributed by atoms with van der Waals surface area (Å²) in [4.78, 5) is 11.9. The molecule has 1 rings (SSSR count). The molecule has 0 radical (unpaired) electrons. The first-order valence-corrected chi connectivity index (χ1v) is 5.96. The van der Waals surface area contributed by atoms with E-state index in [9.17, 15) is 14.3 Å². The Labute approximate surface area is 107 Å². The van der Waals surface area contributed by atoms with Gasteiger partial charge in [0.15, 0.2) is 0 Å². The summed E-state index contributed by atoms with van der Waals surface area (Å²) in [6, 6.07) is 5.02. The number of aryl methyl sites for hydroxylation is 1. The first kappa shape index (κ1) is 14.5. The van der Waals surface area contributed by atoms with Crippen molar-refractivity contribution in [2.45, 2.75) is 39.3 Å². The fourth-order valence-electron chi connectivity index (χ4n) is 1.64. The van der Waals surface area contributed by atoms with E-state index in [-0.39, 0.29) is 18.2 Å². The molecule has 2 N–H and O–H groups in total. The predicted octanol–water partition coefficient (Wildman–Crippen LogP) is 2.67. The Morgan fingerprint density at radius 3 is 2.56 bits per heavy atom. The van der Waals surface area contributed by atoms with Crippen LogP contribution in [0.3, 0.4) is 0 Å². The van der Waals surface area contributed by atoms with Gasteiger partial charge in [0.05, 0.1) is 12.5 Å². The fourth-order valence-corrected chi connectivity index (χ4v) is 1.64. The van der Waals surface area contributed by atoms with Crippen molar-refractivity contribution in [3.8, 4) is 5.75 Å². The van der Waals surface area contributed by atoms with Gasteiger partial charge in [-0.05, 0) is 51.0 Å². The molecule has 1 amide bonds. The zero-order valence-corrected chi connectivity index (χ0v) is 11.2. The topological polar surface area (TPSA) is 49.3 Å². The number of rotatable bonds is 4. The fraction of sp³-hybridized carbons (Fsp3) is 0.500. The molecule has 0 fully saturated rings. The van der Waals surface area contributed by atoms with Crippen molar-refractivity contribution in [1.29, 1.82) is 0 Å². The highest BCUT2D eigenvalue weighted by atomic mass is 19.1.